The van der Waals surface area contributed by atoms with Crippen LogP contribution in [-0.4, -0.2) is 4.98 Å². The maximum atomic E-state index is 13.0. The van der Waals surface area contributed by atoms with Gasteiger partial charge in [0.2, 0.25) is 0 Å². The number of aryl methyl sites for hydroxylation is 2. The molecule has 1 aromatic carbocycles. The largest absolute Gasteiger partial charge is 0.319 e. The first-order chi connectivity index (χ1) is 8.08. The Morgan fingerprint density at radius 3 is 2.59 bits per heavy atom. The molecule has 0 aliphatic carbocycles. The Balaban J connectivity index is 2.40. The van der Waals surface area contributed by atoms with Crippen molar-refractivity contribution in [2.45, 2.75) is 19.9 Å². The summed E-state index contributed by atoms with van der Waals surface area (Å²) in [5, 5.41) is 0. The topological polar surface area (TPSA) is 38.9 Å². The van der Waals surface area contributed by atoms with Crippen LogP contribution in [0.1, 0.15) is 28.6 Å². The number of hydrogen-bond acceptors (Lipinski definition) is 2. The van der Waals surface area contributed by atoms with E-state index in [4.69, 9.17) is 5.73 Å². The number of rotatable bonds is 2. The highest BCUT2D eigenvalue weighted by Crippen LogP contribution is 2.22. The average Bonchev–Trinajstić information content (AvgIpc) is 2.28. The zero-order valence-electron chi connectivity index (χ0n) is 9.94. The summed E-state index contributed by atoms with van der Waals surface area (Å²) in [6.07, 6.45) is 0. The zero-order valence-corrected chi connectivity index (χ0v) is 9.94. The number of aromatic nitrogens is 1. The third-order valence-corrected chi connectivity index (χ3v) is 2.80. The predicted molar refractivity (Wildman–Crippen MR) is 66.1 cm³/mol. The minimum absolute atomic E-state index is 0.240. The van der Waals surface area contributed by atoms with E-state index < -0.39 is 0 Å². The molecule has 17 heavy (non-hydrogen) atoms. The van der Waals surface area contributed by atoms with Crippen molar-refractivity contribution in [1.82, 2.24) is 4.98 Å². The Morgan fingerprint density at radius 1 is 1.18 bits per heavy atom. The van der Waals surface area contributed by atoms with Gasteiger partial charge in [-0.2, -0.15) is 0 Å². The number of nitrogens with zero attached hydrogens (tertiary/aromatic N) is 1. The van der Waals surface area contributed by atoms with Gasteiger partial charge in [0, 0.05) is 5.69 Å². The number of pyridine rings is 1. The molecule has 88 valence electrons. The first kappa shape index (κ1) is 11.7. The molecule has 1 atom stereocenters. The lowest BCUT2D eigenvalue weighted by Gasteiger charge is -2.14. The molecule has 2 aromatic rings. The standard InChI is InChI=1S/C14H15FN2/c1-9-8-11(15)6-7-12(9)14(16)13-5-3-4-10(2)17-13/h3-8,14H,16H2,1-2H3. The molecule has 3 heteroatoms. The Kier molecular flexibility index (Phi) is 3.20. The van der Waals surface area contributed by atoms with Crippen molar-refractivity contribution in [2.24, 2.45) is 5.73 Å². The highest BCUT2D eigenvalue weighted by Gasteiger charge is 2.13. The second-order valence-corrected chi connectivity index (χ2v) is 4.18. The van der Waals surface area contributed by atoms with Crippen LogP contribution in [0.5, 0.6) is 0 Å². The van der Waals surface area contributed by atoms with E-state index in [0.717, 1.165) is 22.5 Å². The van der Waals surface area contributed by atoms with Crippen molar-refractivity contribution in [2.75, 3.05) is 0 Å². The van der Waals surface area contributed by atoms with Crippen LogP contribution in [0.2, 0.25) is 0 Å². The van der Waals surface area contributed by atoms with E-state index in [9.17, 15) is 4.39 Å². The van der Waals surface area contributed by atoms with E-state index in [1.165, 1.54) is 12.1 Å². The maximum Gasteiger partial charge on any atom is 0.123 e. The quantitative estimate of drug-likeness (QED) is 0.861. The Labute approximate surface area is 100 Å². The van der Waals surface area contributed by atoms with Gasteiger partial charge in [-0.25, -0.2) is 4.39 Å². The van der Waals surface area contributed by atoms with Crippen molar-refractivity contribution >= 4 is 0 Å². The first-order valence-electron chi connectivity index (χ1n) is 5.53. The van der Waals surface area contributed by atoms with Crippen LogP contribution in [0.3, 0.4) is 0 Å². The second kappa shape index (κ2) is 4.63. The second-order valence-electron chi connectivity index (χ2n) is 4.18. The molecule has 2 N–H and O–H groups in total. The minimum atomic E-state index is -0.310. The minimum Gasteiger partial charge on any atom is -0.319 e. The molecule has 0 aliphatic rings. The van der Waals surface area contributed by atoms with Crippen molar-refractivity contribution in [1.29, 1.82) is 0 Å². The number of nitrogens with two attached hydrogens (primary N) is 1. The van der Waals surface area contributed by atoms with Crippen molar-refractivity contribution in [3.05, 3.63) is 64.7 Å². The fraction of sp³-hybridized carbons (Fsp3) is 0.214. The summed E-state index contributed by atoms with van der Waals surface area (Å²) in [6.45, 7) is 3.78. The van der Waals surface area contributed by atoms with E-state index in [-0.39, 0.29) is 11.9 Å². The van der Waals surface area contributed by atoms with Crippen LogP contribution in [0.4, 0.5) is 4.39 Å². The molecular formula is C14H15FN2. The van der Waals surface area contributed by atoms with E-state index in [2.05, 4.69) is 4.98 Å². The third kappa shape index (κ3) is 2.50. The van der Waals surface area contributed by atoms with Crippen LogP contribution in [0.25, 0.3) is 0 Å². The fourth-order valence-electron chi connectivity index (χ4n) is 1.88. The number of halogens is 1. The van der Waals surface area contributed by atoms with Crippen LogP contribution in [0, 0.1) is 19.7 Å². The number of hydrogen-bond donors (Lipinski definition) is 1. The maximum absolute atomic E-state index is 13.0. The molecule has 2 nitrogen and oxygen atoms in total. The van der Waals surface area contributed by atoms with Crippen LogP contribution >= 0.6 is 0 Å². The van der Waals surface area contributed by atoms with Crippen molar-refractivity contribution < 1.29 is 4.39 Å². The zero-order chi connectivity index (χ0) is 12.4. The lowest BCUT2D eigenvalue weighted by molar-refractivity contribution is 0.624. The van der Waals surface area contributed by atoms with Gasteiger partial charge in [-0.1, -0.05) is 12.1 Å². The molecule has 0 bridgehead atoms. The summed E-state index contributed by atoms with van der Waals surface area (Å²) in [5.41, 5.74) is 9.64. The first-order valence-corrected chi connectivity index (χ1v) is 5.53. The van der Waals surface area contributed by atoms with Gasteiger partial charge in [-0.15, -0.1) is 0 Å². The van der Waals surface area contributed by atoms with E-state index >= 15 is 0 Å². The lowest BCUT2D eigenvalue weighted by atomic mass is 9.99. The third-order valence-electron chi connectivity index (χ3n) is 2.80. The SMILES string of the molecule is Cc1cccc(C(N)c2ccc(F)cc2C)n1. The summed E-state index contributed by atoms with van der Waals surface area (Å²) in [4.78, 5) is 4.39. The molecule has 0 radical (unpaired) electrons. The summed E-state index contributed by atoms with van der Waals surface area (Å²) in [7, 11) is 0. The van der Waals surface area contributed by atoms with Crippen molar-refractivity contribution in [3.8, 4) is 0 Å². The molecule has 1 unspecified atom stereocenters. The molecule has 0 aliphatic heterocycles. The molecule has 0 fully saturated rings. The monoisotopic (exact) mass is 230 g/mol. The van der Waals surface area contributed by atoms with Crippen LogP contribution in [-0.2, 0) is 0 Å². The van der Waals surface area contributed by atoms with E-state index in [1.807, 2.05) is 32.0 Å². The normalized spacial score (nSPS) is 12.5. The van der Waals surface area contributed by atoms with E-state index in [0.29, 0.717) is 0 Å². The smallest absolute Gasteiger partial charge is 0.123 e. The van der Waals surface area contributed by atoms with Gasteiger partial charge in [0.05, 0.1) is 11.7 Å². The molecular weight excluding hydrogens is 215 g/mol. The van der Waals surface area contributed by atoms with Gasteiger partial charge in [0.1, 0.15) is 5.82 Å². The Bertz CT molecular complexity index is 537. The average molecular weight is 230 g/mol. The Morgan fingerprint density at radius 2 is 1.94 bits per heavy atom. The predicted octanol–water partition coefficient (Wildman–Crippen LogP) is 2.89. The molecule has 1 aromatic heterocycles. The molecule has 0 amide bonds. The van der Waals surface area contributed by atoms with Gasteiger partial charge < -0.3 is 5.73 Å². The summed E-state index contributed by atoms with van der Waals surface area (Å²) in [5.74, 6) is -0.240. The van der Waals surface area contributed by atoms with Gasteiger partial charge in [0.25, 0.3) is 0 Å². The van der Waals surface area contributed by atoms with Gasteiger partial charge in [-0.05, 0) is 49.2 Å². The summed E-state index contributed by atoms with van der Waals surface area (Å²) in [6, 6.07) is 10.1. The van der Waals surface area contributed by atoms with Crippen LogP contribution in [0.15, 0.2) is 36.4 Å². The molecule has 2 rings (SSSR count). The van der Waals surface area contributed by atoms with Crippen molar-refractivity contribution in [3.63, 3.8) is 0 Å². The molecule has 0 spiro atoms. The highest BCUT2D eigenvalue weighted by molar-refractivity contribution is 5.34. The fourth-order valence-corrected chi connectivity index (χ4v) is 1.88. The van der Waals surface area contributed by atoms with Gasteiger partial charge in [-0.3, -0.25) is 4.98 Å². The van der Waals surface area contributed by atoms with Gasteiger partial charge in [0.15, 0.2) is 0 Å². The lowest BCUT2D eigenvalue weighted by Crippen LogP contribution is -2.15. The molecule has 0 saturated heterocycles. The summed E-state index contributed by atoms with van der Waals surface area (Å²) >= 11 is 0. The summed E-state index contributed by atoms with van der Waals surface area (Å²) < 4.78 is 13.0. The van der Waals surface area contributed by atoms with Crippen LogP contribution < -0.4 is 5.73 Å². The van der Waals surface area contributed by atoms with E-state index in [1.54, 1.807) is 6.07 Å². The highest BCUT2D eigenvalue weighted by atomic mass is 19.1. The number of benzene rings is 1. The molecule has 1 heterocycles. The molecule has 0 saturated carbocycles. The Hall–Kier alpha value is -1.74. The van der Waals surface area contributed by atoms with Gasteiger partial charge >= 0.3 is 0 Å².